The fourth-order valence-corrected chi connectivity index (χ4v) is 1.47. The molecule has 15 heavy (non-hydrogen) atoms. The molecule has 1 aromatic heterocycles. The summed E-state index contributed by atoms with van der Waals surface area (Å²) in [5, 5.41) is 2.92. The maximum Gasteiger partial charge on any atom is 0.239 e. The molecule has 1 heterocycles. The highest BCUT2D eigenvalue weighted by Crippen LogP contribution is 2.06. The van der Waals surface area contributed by atoms with E-state index in [2.05, 4.69) is 19.2 Å². The average Bonchev–Trinajstić information content (AvgIpc) is 2.46. The third-order valence-electron chi connectivity index (χ3n) is 2.43. The number of hydrogen-bond donors (Lipinski definition) is 1. The first-order chi connectivity index (χ1) is 7.00. The second-order valence-corrected chi connectivity index (χ2v) is 4.40. The standard InChI is InChI=1S/C12H20N2O/c1-9(2)7-13-12(15)8-14-10(3)5-6-11(14)4/h5-6,9H,7-8H2,1-4H3,(H,13,15). The van der Waals surface area contributed by atoms with Gasteiger partial charge in [0.15, 0.2) is 0 Å². The van der Waals surface area contributed by atoms with Crippen molar-refractivity contribution < 1.29 is 4.79 Å². The van der Waals surface area contributed by atoms with Gasteiger partial charge in [0.2, 0.25) is 5.91 Å². The molecule has 0 aliphatic carbocycles. The molecule has 1 aromatic rings. The molecule has 1 rings (SSSR count). The number of carbonyl (C=O) groups excluding carboxylic acids is 1. The van der Waals surface area contributed by atoms with Gasteiger partial charge in [-0.15, -0.1) is 0 Å². The van der Waals surface area contributed by atoms with E-state index in [0.29, 0.717) is 12.5 Å². The van der Waals surface area contributed by atoms with E-state index in [9.17, 15) is 4.79 Å². The van der Waals surface area contributed by atoms with Crippen molar-refractivity contribution in [1.82, 2.24) is 9.88 Å². The first-order valence-electron chi connectivity index (χ1n) is 5.40. The van der Waals surface area contributed by atoms with E-state index in [1.165, 1.54) is 0 Å². The number of rotatable bonds is 4. The zero-order valence-electron chi connectivity index (χ0n) is 10.0. The van der Waals surface area contributed by atoms with Crippen LogP contribution in [0.1, 0.15) is 25.2 Å². The van der Waals surface area contributed by atoms with Crippen molar-refractivity contribution in [2.24, 2.45) is 5.92 Å². The highest BCUT2D eigenvalue weighted by Gasteiger charge is 2.06. The lowest BCUT2D eigenvalue weighted by Gasteiger charge is -2.11. The minimum Gasteiger partial charge on any atom is -0.354 e. The van der Waals surface area contributed by atoms with Crippen molar-refractivity contribution in [3.8, 4) is 0 Å². The van der Waals surface area contributed by atoms with Crippen LogP contribution < -0.4 is 5.32 Å². The number of amides is 1. The van der Waals surface area contributed by atoms with Gasteiger partial charge in [-0.3, -0.25) is 4.79 Å². The van der Waals surface area contributed by atoms with Crippen LogP contribution in [0.3, 0.4) is 0 Å². The maximum atomic E-state index is 11.6. The van der Waals surface area contributed by atoms with Gasteiger partial charge in [0.25, 0.3) is 0 Å². The zero-order chi connectivity index (χ0) is 11.4. The molecule has 1 amide bonds. The predicted octanol–water partition coefficient (Wildman–Crippen LogP) is 1.88. The molecule has 0 atom stereocenters. The highest BCUT2D eigenvalue weighted by molar-refractivity contribution is 5.75. The van der Waals surface area contributed by atoms with Crippen LogP contribution in [-0.4, -0.2) is 17.0 Å². The fraction of sp³-hybridized carbons (Fsp3) is 0.583. The number of nitrogens with one attached hydrogen (secondary N) is 1. The Morgan fingerprint density at radius 2 is 1.87 bits per heavy atom. The van der Waals surface area contributed by atoms with Crippen molar-refractivity contribution >= 4 is 5.91 Å². The van der Waals surface area contributed by atoms with Crippen LogP contribution in [0.4, 0.5) is 0 Å². The summed E-state index contributed by atoms with van der Waals surface area (Å²) in [6.45, 7) is 9.39. The third-order valence-corrected chi connectivity index (χ3v) is 2.43. The summed E-state index contributed by atoms with van der Waals surface area (Å²) in [5.41, 5.74) is 2.26. The van der Waals surface area contributed by atoms with Crippen LogP contribution in [0.25, 0.3) is 0 Å². The summed E-state index contributed by atoms with van der Waals surface area (Å²) in [4.78, 5) is 11.6. The summed E-state index contributed by atoms with van der Waals surface area (Å²) in [6, 6.07) is 4.07. The van der Waals surface area contributed by atoms with Gasteiger partial charge < -0.3 is 9.88 Å². The molecule has 84 valence electrons. The van der Waals surface area contributed by atoms with E-state index in [1.54, 1.807) is 0 Å². The van der Waals surface area contributed by atoms with Gasteiger partial charge in [-0.05, 0) is 31.9 Å². The van der Waals surface area contributed by atoms with Crippen LogP contribution in [0.5, 0.6) is 0 Å². The Kier molecular flexibility index (Phi) is 3.95. The Morgan fingerprint density at radius 3 is 2.33 bits per heavy atom. The van der Waals surface area contributed by atoms with Crippen LogP contribution in [-0.2, 0) is 11.3 Å². The van der Waals surface area contributed by atoms with Gasteiger partial charge >= 0.3 is 0 Å². The Labute approximate surface area is 91.5 Å². The number of aryl methyl sites for hydroxylation is 2. The Hall–Kier alpha value is -1.25. The molecule has 0 aliphatic rings. The highest BCUT2D eigenvalue weighted by atomic mass is 16.1. The minimum absolute atomic E-state index is 0.0890. The number of carbonyl (C=O) groups is 1. The molecule has 3 nitrogen and oxygen atoms in total. The maximum absolute atomic E-state index is 11.6. The molecule has 0 fully saturated rings. The fourth-order valence-electron chi connectivity index (χ4n) is 1.47. The Morgan fingerprint density at radius 1 is 1.33 bits per heavy atom. The molecule has 0 aliphatic heterocycles. The smallest absolute Gasteiger partial charge is 0.239 e. The molecule has 0 saturated carbocycles. The monoisotopic (exact) mass is 208 g/mol. The van der Waals surface area contributed by atoms with Crippen LogP contribution in [0, 0.1) is 19.8 Å². The van der Waals surface area contributed by atoms with Crippen LogP contribution in [0.15, 0.2) is 12.1 Å². The topological polar surface area (TPSA) is 34.0 Å². The molecule has 0 aromatic carbocycles. The minimum atomic E-state index is 0.0890. The van der Waals surface area contributed by atoms with E-state index in [0.717, 1.165) is 17.9 Å². The zero-order valence-corrected chi connectivity index (χ0v) is 10.0. The van der Waals surface area contributed by atoms with Crippen molar-refractivity contribution in [3.05, 3.63) is 23.5 Å². The first-order valence-corrected chi connectivity index (χ1v) is 5.40. The molecule has 0 unspecified atom stereocenters. The Balaban J connectivity index is 2.51. The van der Waals surface area contributed by atoms with Crippen molar-refractivity contribution in [2.45, 2.75) is 34.2 Å². The number of hydrogen-bond acceptors (Lipinski definition) is 1. The van der Waals surface area contributed by atoms with Crippen molar-refractivity contribution in [2.75, 3.05) is 6.54 Å². The van der Waals surface area contributed by atoms with Crippen LogP contribution >= 0.6 is 0 Å². The summed E-state index contributed by atoms with van der Waals surface area (Å²) in [5.74, 6) is 0.590. The second-order valence-electron chi connectivity index (χ2n) is 4.40. The van der Waals surface area contributed by atoms with E-state index < -0.39 is 0 Å². The normalized spacial score (nSPS) is 10.7. The molecule has 3 heteroatoms. The van der Waals surface area contributed by atoms with Crippen molar-refractivity contribution in [1.29, 1.82) is 0 Å². The summed E-state index contributed by atoms with van der Waals surface area (Å²) < 4.78 is 2.02. The SMILES string of the molecule is Cc1ccc(C)n1CC(=O)NCC(C)C. The van der Waals surface area contributed by atoms with E-state index in [1.807, 2.05) is 30.5 Å². The van der Waals surface area contributed by atoms with Gasteiger partial charge in [0, 0.05) is 17.9 Å². The lowest BCUT2D eigenvalue weighted by molar-refractivity contribution is -0.121. The molecule has 0 radical (unpaired) electrons. The average molecular weight is 208 g/mol. The molecule has 0 bridgehead atoms. The second kappa shape index (κ2) is 5.01. The van der Waals surface area contributed by atoms with Gasteiger partial charge in [0.1, 0.15) is 6.54 Å². The largest absolute Gasteiger partial charge is 0.354 e. The Bertz CT molecular complexity index is 320. The lowest BCUT2D eigenvalue weighted by Crippen LogP contribution is -2.31. The third kappa shape index (κ3) is 3.42. The summed E-state index contributed by atoms with van der Waals surface area (Å²) in [6.07, 6.45) is 0. The number of aromatic nitrogens is 1. The lowest BCUT2D eigenvalue weighted by atomic mass is 10.2. The number of nitrogens with zero attached hydrogens (tertiary/aromatic N) is 1. The van der Waals surface area contributed by atoms with Crippen LogP contribution in [0.2, 0.25) is 0 Å². The molecule has 0 spiro atoms. The van der Waals surface area contributed by atoms with E-state index in [4.69, 9.17) is 0 Å². The van der Waals surface area contributed by atoms with Gasteiger partial charge in [0.05, 0.1) is 0 Å². The first kappa shape index (κ1) is 11.8. The van der Waals surface area contributed by atoms with E-state index in [-0.39, 0.29) is 5.91 Å². The molecule has 1 N–H and O–H groups in total. The van der Waals surface area contributed by atoms with Gasteiger partial charge in [-0.25, -0.2) is 0 Å². The summed E-state index contributed by atoms with van der Waals surface area (Å²) >= 11 is 0. The molecular weight excluding hydrogens is 188 g/mol. The summed E-state index contributed by atoms with van der Waals surface area (Å²) in [7, 11) is 0. The van der Waals surface area contributed by atoms with E-state index >= 15 is 0 Å². The quantitative estimate of drug-likeness (QED) is 0.805. The molecule has 0 saturated heterocycles. The van der Waals surface area contributed by atoms with Crippen molar-refractivity contribution in [3.63, 3.8) is 0 Å². The van der Waals surface area contributed by atoms with Gasteiger partial charge in [-0.2, -0.15) is 0 Å². The molecular formula is C12H20N2O. The van der Waals surface area contributed by atoms with Gasteiger partial charge in [-0.1, -0.05) is 13.8 Å². The predicted molar refractivity (Wildman–Crippen MR) is 61.8 cm³/mol.